The summed E-state index contributed by atoms with van der Waals surface area (Å²) in [7, 11) is 0. The lowest BCUT2D eigenvalue weighted by molar-refractivity contribution is -0.122. The van der Waals surface area contributed by atoms with Crippen LogP contribution in [0.1, 0.15) is 51.5 Å². The molecule has 0 spiro atoms. The molecule has 19 heavy (non-hydrogen) atoms. The molecule has 1 saturated carbocycles. The second-order valence-electron chi connectivity index (χ2n) is 6.81. The summed E-state index contributed by atoms with van der Waals surface area (Å²) >= 11 is 0. The minimum atomic E-state index is 0.206. The average Bonchev–Trinajstić information content (AvgIpc) is 3.14. The molecule has 0 saturated heterocycles. The summed E-state index contributed by atoms with van der Waals surface area (Å²) in [6.45, 7) is 7.53. The van der Waals surface area contributed by atoms with Crippen LogP contribution in [0.4, 0.5) is 0 Å². The van der Waals surface area contributed by atoms with Gasteiger partial charge in [0.15, 0.2) is 0 Å². The summed E-state index contributed by atoms with van der Waals surface area (Å²) in [5.41, 5.74) is 1.66. The number of amides is 1. The van der Waals surface area contributed by atoms with E-state index in [-0.39, 0.29) is 11.8 Å². The van der Waals surface area contributed by atoms with Gasteiger partial charge < -0.3 is 5.32 Å². The van der Waals surface area contributed by atoms with Crippen molar-refractivity contribution in [3.8, 4) is 0 Å². The molecule has 2 nitrogen and oxygen atoms in total. The van der Waals surface area contributed by atoms with Crippen molar-refractivity contribution in [3.63, 3.8) is 0 Å². The number of rotatable bonds is 5. The first-order valence-corrected chi connectivity index (χ1v) is 7.30. The van der Waals surface area contributed by atoms with Gasteiger partial charge in [-0.2, -0.15) is 0 Å². The Morgan fingerprint density at radius 3 is 2.58 bits per heavy atom. The minimum Gasteiger partial charge on any atom is -0.356 e. The summed E-state index contributed by atoms with van der Waals surface area (Å²) < 4.78 is 0. The Hall–Kier alpha value is -1.31. The standard InChI is InChI=1S/C17H25NO/c1-17(2,3)10-7-11-18-16(19)15-12-14(15)13-8-5-4-6-9-13/h4-6,8-9,14-15H,7,10-12H2,1-3H3,(H,18,19). The number of carbonyl (C=O) groups excluding carboxylic acids is 1. The zero-order chi connectivity index (χ0) is 13.9. The second-order valence-corrected chi connectivity index (χ2v) is 6.81. The van der Waals surface area contributed by atoms with Gasteiger partial charge in [0.25, 0.3) is 0 Å². The molecule has 1 aromatic rings. The molecule has 2 heteroatoms. The molecule has 1 aliphatic rings. The lowest BCUT2D eigenvalue weighted by atomic mass is 9.91. The normalized spacial score (nSPS) is 22.1. The van der Waals surface area contributed by atoms with Crippen LogP contribution >= 0.6 is 0 Å². The molecule has 1 aliphatic carbocycles. The summed E-state index contributed by atoms with van der Waals surface area (Å²) in [5.74, 6) is 0.892. The molecule has 104 valence electrons. The van der Waals surface area contributed by atoms with Crippen LogP contribution in [-0.2, 0) is 4.79 Å². The largest absolute Gasteiger partial charge is 0.356 e. The molecule has 0 heterocycles. The molecule has 2 rings (SSSR count). The number of hydrogen-bond donors (Lipinski definition) is 1. The molecule has 1 amide bonds. The van der Waals surface area contributed by atoms with E-state index in [1.54, 1.807) is 0 Å². The highest BCUT2D eigenvalue weighted by Gasteiger charge is 2.43. The zero-order valence-corrected chi connectivity index (χ0v) is 12.3. The highest BCUT2D eigenvalue weighted by atomic mass is 16.2. The highest BCUT2D eigenvalue weighted by molar-refractivity contribution is 5.82. The van der Waals surface area contributed by atoms with Crippen molar-refractivity contribution in [2.45, 2.75) is 46.0 Å². The van der Waals surface area contributed by atoms with Crippen molar-refractivity contribution in [1.82, 2.24) is 5.32 Å². The van der Waals surface area contributed by atoms with E-state index in [9.17, 15) is 4.79 Å². The van der Waals surface area contributed by atoms with Gasteiger partial charge >= 0.3 is 0 Å². The van der Waals surface area contributed by atoms with E-state index in [1.165, 1.54) is 5.56 Å². The van der Waals surface area contributed by atoms with Crippen molar-refractivity contribution < 1.29 is 4.79 Å². The van der Waals surface area contributed by atoms with Gasteiger partial charge in [-0.15, -0.1) is 0 Å². The molecular weight excluding hydrogens is 234 g/mol. The molecule has 1 fully saturated rings. The lowest BCUT2D eigenvalue weighted by Gasteiger charge is -2.17. The van der Waals surface area contributed by atoms with Crippen molar-refractivity contribution in [3.05, 3.63) is 35.9 Å². The Kier molecular flexibility index (Phi) is 4.28. The van der Waals surface area contributed by atoms with Crippen LogP contribution < -0.4 is 5.32 Å². The maximum Gasteiger partial charge on any atom is 0.223 e. The predicted molar refractivity (Wildman–Crippen MR) is 79.0 cm³/mol. The first-order chi connectivity index (χ1) is 8.97. The van der Waals surface area contributed by atoms with Crippen LogP contribution in [0.2, 0.25) is 0 Å². The number of benzene rings is 1. The Morgan fingerprint density at radius 1 is 1.26 bits per heavy atom. The summed E-state index contributed by atoms with van der Waals surface area (Å²) in [6, 6.07) is 10.4. The fraction of sp³-hybridized carbons (Fsp3) is 0.588. The number of hydrogen-bond acceptors (Lipinski definition) is 1. The van der Waals surface area contributed by atoms with Gasteiger partial charge in [-0.1, -0.05) is 51.1 Å². The van der Waals surface area contributed by atoms with Gasteiger partial charge in [0, 0.05) is 12.5 Å². The number of carbonyl (C=O) groups is 1. The van der Waals surface area contributed by atoms with Gasteiger partial charge in [-0.3, -0.25) is 4.79 Å². The van der Waals surface area contributed by atoms with Crippen LogP contribution in [0.25, 0.3) is 0 Å². The van der Waals surface area contributed by atoms with E-state index in [4.69, 9.17) is 0 Å². The predicted octanol–water partition coefficient (Wildman–Crippen LogP) is 3.73. The molecule has 0 aromatic heterocycles. The first-order valence-electron chi connectivity index (χ1n) is 7.30. The SMILES string of the molecule is CC(C)(C)CCCNC(=O)C1CC1c1ccccc1. The quantitative estimate of drug-likeness (QED) is 0.802. The lowest BCUT2D eigenvalue weighted by Crippen LogP contribution is -2.27. The third-order valence-corrected chi connectivity index (χ3v) is 3.76. The van der Waals surface area contributed by atoms with Gasteiger partial charge in [0.1, 0.15) is 0 Å². The van der Waals surface area contributed by atoms with Crippen molar-refractivity contribution in [2.75, 3.05) is 6.54 Å². The first kappa shape index (κ1) is 14.1. The Morgan fingerprint density at radius 2 is 1.95 bits per heavy atom. The van der Waals surface area contributed by atoms with Gasteiger partial charge in [-0.05, 0) is 36.2 Å². The van der Waals surface area contributed by atoms with Gasteiger partial charge in [-0.25, -0.2) is 0 Å². The molecule has 1 N–H and O–H groups in total. The van der Waals surface area contributed by atoms with Crippen LogP contribution in [0.3, 0.4) is 0 Å². The van der Waals surface area contributed by atoms with Crippen LogP contribution in [-0.4, -0.2) is 12.5 Å². The number of nitrogens with one attached hydrogen (secondary N) is 1. The summed E-state index contributed by atoms with van der Waals surface area (Å²) in [6.07, 6.45) is 3.23. The average molecular weight is 259 g/mol. The summed E-state index contributed by atoms with van der Waals surface area (Å²) in [5, 5.41) is 3.08. The third kappa shape index (κ3) is 4.38. The minimum absolute atomic E-state index is 0.206. The molecule has 2 atom stereocenters. The smallest absolute Gasteiger partial charge is 0.223 e. The van der Waals surface area contributed by atoms with Crippen LogP contribution in [0.5, 0.6) is 0 Å². The zero-order valence-electron chi connectivity index (χ0n) is 12.3. The Bertz CT molecular complexity index is 419. The van der Waals surface area contributed by atoms with E-state index < -0.39 is 0 Å². The molecule has 0 radical (unpaired) electrons. The monoisotopic (exact) mass is 259 g/mol. The highest BCUT2D eigenvalue weighted by Crippen LogP contribution is 2.47. The maximum atomic E-state index is 12.0. The topological polar surface area (TPSA) is 29.1 Å². The van der Waals surface area contributed by atoms with E-state index >= 15 is 0 Å². The van der Waals surface area contributed by atoms with E-state index in [1.807, 2.05) is 18.2 Å². The van der Waals surface area contributed by atoms with Gasteiger partial charge in [0.2, 0.25) is 5.91 Å². The van der Waals surface area contributed by atoms with Crippen molar-refractivity contribution in [2.24, 2.45) is 11.3 Å². The van der Waals surface area contributed by atoms with Crippen molar-refractivity contribution in [1.29, 1.82) is 0 Å². The van der Waals surface area contributed by atoms with Crippen LogP contribution in [0, 0.1) is 11.3 Å². The van der Waals surface area contributed by atoms with E-state index in [0.29, 0.717) is 11.3 Å². The van der Waals surface area contributed by atoms with Gasteiger partial charge in [0.05, 0.1) is 0 Å². The Balaban J connectivity index is 1.69. The molecule has 0 aliphatic heterocycles. The van der Waals surface area contributed by atoms with Crippen LogP contribution in [0.15, 0.2) is 30.3 Å². The fourth-order valence-electron chi connectivity index (χ4n) is 2.51. The fourth-order valence-corrected chi connectivity index (χ4v) is 2.51. The second kappa shape index (κ2) is 5.77. The maximum absolute atomic E-state index is 12.0. The third-order valence-electron chi connectivity index (χ3n) is 3.76. The van der Waals surface area contributed by atoms with E-state index in [2.05, 4.69) is 38.2 Å². The molecule has 1 aromatic carbocycles. The van der Waals surface area contributed by atoms with E-state index in [0.717, 1.165) is 25.8 Å². The molecular formula is C17H25NO. The summed E-state index contributed by atoms with van der Waals surface area (Å²) in [4.78, 5) is 12.0. The molecule has 2 unspecified atom stereocenters. The van der Waals surface area contributed by atoms with Crippen molar-refractivity contribution >= 4 is 5.91 Å². The Labute approximate surface area is 116 Å². The molecule has 0 bridgehead atoms.